The number of carboxylic acid groups (broad SMARTS) is 1. The van der Waals surface area contributed by atoms with E-state index in [1.54, 1.807) is 47.9 Å². The quantitative estimate of drug-likeness (QED) is 0.306. The van der Waals surface area contributed by atoms with Crippen LogP contribution in [0.1, 0.15) is 59.3 Å². The molecule has 5 rings (SSSR count). The number of carboxylic acids is 1. The third kappa shape index (κ3) is 5.05. The molecule has 0 saturated heterocycles. The molecule has 0 unspecified atom stereocenters. The lowest BCUT2D eigenvalue weighted by Crippen LogP contribution is -2.39. The van der Waals surface area contributed by atoms with Gasteiger partial charge in [-0.3, -0.25) is 9.36 Å². The van der Waals surface area contributed by atoms with Crippen LogP contribution in [0.3, 0.4) is 0 Å². The number of aromatic nitrogens is 1. The molecule has 0 aliphatic carbocycles. The Morgan fingerprint density at radius 2 is 2.03 bits per heavy atom. The smallest absolute Gasteiger partial charge is 0.338 e. The fraction of sp³-hybridized carbons (Fsp3) is 0.241. The number of carbonyl (C=O) groups is 2. The number of hydrogen-bond acceptors (Lipinski definition) is 8. The van der Waals surface area contributed by atoms with E-state index in [4.69, 9.17) is 14.1 Å². The van der Waals surface area contributed by atoms with E-state index >= 15 is 0 Å². The number of thiophene rings is 1. The molecule has 1 aliphatic rings. The highest BCUT2D eigenvalue weighted by Crippen LogP contribution is 2.34. The number of fused-ring (bicyclic) bond motifs is 1. The Morgan fingerprint density at radius 1 is 1.21 bits per heavy atom. The molecule has 1 N–H and O–H groups in total. The molecular formula is C29H26N2O6S2. The van der Waals surface area contributed by atoms with E-state index in [2.05, 4.69) is 0 Å². The van der Waals surface area contributed by atoms with Gasteiger partial charge in [0.1, 0.15) is 17.6 Å². The number of benzene rings is 1. The number of nitrogens with zero attached hydrogens (tertiary/aromatic N) is 2. The molecule has 0 spiro atoms. The van der Waals surface area contributed by atoms with Crippen LogP contribution < -0.4 is 14.9 Å². The van der Waals surface area contributed by atoms with Gasteiger partial charge in [0.25, 0.3) is 5.56 Å². The number of allylic oxidation sites excluding steroid dienone is 1. The minimum atomic E-state index is -1.02. The zero-order valence-electron chi connectivity index (χ0n) is 21.6. The maximum absolute atomic E-state index is 13.8. The highest BCUT2D eigenvalue weighted by molar-refractivity contribution is 7.10. The van der Waals surface area contributed by atoms with Crippen molar-refractivity contribution in [3.8, 4) is 11.3 Å². The van der Waals surface area contributed by atoms with E-state index in [0.29, 0.717) is 44.1 Å². The van der Waals surface area contributed by atoms with Crippen LogP contribution in [0.15, 0.2) is 73.3 Å². The van der Waals surface area contributed by atoms with Crippen molar-refractivity contribution in [2.24, 2.45) is 4.99 Å². The summed E-state index contributed by atoms with van der Waals surface area (Å²) in [5, 5.41) is 11.3. The van der Waals surface area contributed by atoms with Crippen molar-refractivity contribution >= 4 is 40.7 Å². The average Bonchev–Trinajstić information content (AvgIpc) is 3.66. The first-order valence-corrected chi connectivity index (χ1v) is 14.2. The summed E-state index contributed by atoms with van der Waals surface area (Å²) in [7, 11) is 0. The van der Waals surface area contributed by atoms with Gasteiger partial charge in [0, 0.05) is 16.5 Å². The van der Waals surface area contributed by atoms with Crippen molar-refractivity contribution in [3.05, 3.63) is 101 Å². The van der Waals surface area contributed by atoms with Gasteiger partial charge in [0.2, 0.25) is 0 Å². The minimum Gasteiger partial charge on any atom is -0.478 e. The molecule has 0 radical (unpaired) electrons. The van der Waals surface area contributed by atoms with E-state index in [9.17, 15) is 19.5 Å². The molecule has 4 aromatic rings. The predicted octanol–water partition coefficient (Wildman–Crippen LogP) is 4.91. The molecule has 0 bridgehead atoms. The highest BCUT2D eigenvalue weighted by Gasteiger charge is 2.34. The summed E-state index contributed by atoms with van der Waals surface area (Å²) < 4.78 is 13.4. The van der Waals surface area contributed by atoms with Crippen molar-refractivity contribution in [2.45, 2.75) is 39.7 Å². The number of carbonyl (C=O) groups excluding carboxylic acids is 1. The Morgan fingerprint density at radius 3 is 2.72 bits per heavy atom. The molecule has 0 saturated carbocycles. The van der Waals surface area contributed by atoms with Crippen molar-refractivity contribution in [2.75, 3.05) is 6.61 Å². The van der Waals surface area contributed by atoms with Crippen molar-refractivity contribution in [1.29, 1.82) is 0 Å². The maximum Gasteiger partial charge on any atom is 0.338 e. The lowest BCUT2D eigenvalue weighted by molar-refractivity contribution is -0.139. The number of esters is 1. The summed E-state index contributed by atoms with van der Waals surface area (Å²) in [6, 6.07) is 11.5. The van der Waals surface area contributed by atoms with E-state index < -0.39 is 18.0 Å². The third-order valence-electron chi connectivity index (χ3n) is 6.35. The molecular weight excluding hydrogens is 536 g/mol. The Kier molecular flexibility index (Phi) is 7.49. The van der Waals surface area contributed by atoms with Gasteiger partial charge >= 0.3 is 11.9 Å². The molecule has 1 aromatic carbocycles. The van der Waals surface area contributed by atoms with E-state index in [0.717, 1.165) is 16.9 Å². The molecule has 0 fully saturated rings. The molecule has 4 heterocycles. The van der Waals surface area contributed by atoms with Gasteiger partial charge in [-0.05, 0) is 61.5 Å². The fourth-order valence-corrected chi connectivity index (χ4v) is 6.39. The van der Waals surface area contributed by atoms with E-state index in [1.807, 2.05) is 31.4 Å². The fourth-order valence-electron chi connectivity index (χ4n) is 4.56. The van der Waals surface area contributed by atoms with Crippen LogP contribution in [0, 0.1) is 6.92 Å². The summed E-state index contributed by atoms with van der Waals surface area (Å²) in [6.45, 7) is 5.87. The van der Waals surface area contributed by atoms with Crippen LogP contribution in [-0.4, -0.2) is 28.2 Å². The lowest BCUT2D eigenvalue weighted by Gasteiger charge is -2.24. The summed E-state index contributed by atoms with van der Waals surface area (Å²) >= 11 is 2.71. The first-order valence-electron chi connectivity index (χ1n) is 12.5. The topological polar surface area (TPSA) is 111 Å². The number of thiazole rings is 1. The van der Waals surface area contributed by atoms with E-state index in [1.165, 1.54) is 22.7 Å². The second-order valence-corrected chi connectivity index (χ2v) is 11.0. The predicted molar refractivity (Wildman–Crippen MR) is 150 cm³/mol. The summed E-state index contributed by atoms with van der Waals surface area (Å²) in [5.41, 5.74) is 2.45. The molecule has 10 heteroatoms. The van der Waals surface area contributed by atoms with Crippen molar-refractivity contribution in [3.63, 3.8) is 0 Å². The molecule has 3 aromatic heterocycles. The lowest BCUT2D eigenvalue weighted by atomic mass is 9.99. The Bertz CT molecular complexity index is 1770. The molecule has 1 atom stereocenters. The van der Waals surface area contributed by atoms with Gasteiger partial charge in [-0.2, -0.15) is 0 Å². The van der Waals surface area contributed by atoms with Crippen LogP contribution in [0.5, 0.6) is 0 Å². The number of furan rings is 1. The number of aromatic carboxylic acids is 1. The Balaban J connectivity index is 1.63. The van der Waals surface area contributed by atoms with Crippen LogP contribution in [0.4, 0.5) is 0 Å². The molecule has 200 valence electrons. The van der Waals surface area contributed by atoms with Gasteiger partial charge in [-0.15, -0.1) is 11.3 Å². The normalized spacial score (nSPS) is 15.3. The van der Waals surface area contributed by atoms with E-state index in [-0.39, 0.29) is 17.7 Å². The summed E-state index contributed by atoms with van der Waals surface area (Å²) in [6.07, 6.45) is 3.02. The van der Waals surface area contributed by atoms with Gasteiger partial charge < -0.3 is 14.3 Å². The largest absolute Gasteiger partial charge is 0.478 e. The maximum atomic E-state index is 13.8. The second-order valence-electron chi connectivity index (χ2n) is 8.97. The monoisotopic (exact) mass is 562 g/mol. The standard InChI is InChI=1S/C29H26N2O6S2/c1-4-7-20-24(28(35)36-5-2)25(22-8-6-13-38-22)31-26(32)23(39-29(31)30-20)15-18-11-12-21(37-18)19-14-17(27(33)34)10-9-16(19)3/h6,8-15,25H,4-5,7H2,1-3H3,(H,33,34)/b23-15-/t25-/m1/s1. The number of hydrogen-bond donors (Lipinski definition) is 1. The second kappa shape index (κ2) is 11.0. The van der Waals surface area contributed by atoms with Crippen LogP contribution in [0.2, 0.25) is 0 Å². The highest BCUT2D eigenvalue weighted by atomic mass is 32.1. The van der Waals surface area contributed by atoms with Crippen LogP contribution >= 0.6 is 22.7 Å². The Hall–Kier alpha value is -4.02. The van der Waals surface area contributed by atoms with Gasteiger partial charge in [0.05, 0.1) is 28.0 Å². The SMILES string of the molecule is CCCC1=C(C(=O)OCC)[C@@H](c2cccs2)n2c(s/c(=C\c3ccc(-c4cc(C(=O)O)ccc4C)o3)c2=O)=N1. The third-order valence-corrected chi connectivity index (χ3v) is 8.26. The number of aryl methyl sites for hydroxylation is 1. The molecule has 8 nitrogen and oxygen atoms in total. The van der Waals surface area contributed by atoms with Gasteiger partial charge in [0.15, 0.2) is 4.80 Å². The van der Waals surface area contributed by atoms with Gasteiger partial charge in [-0.25, -0.2) is 14.6 Å². The van der Waals surface area contributed by atoms with Crippen LogP contribution in [0.25, 0.3) is 17.4 Å². The minimum absolute atomic E-state index is 0.163. The number of ether oxygens (including phenoxy) is 1. The zero-order valence-corrected chi connectivity index (χ0v) is 23.2. The van der Waals surface area contributed by atoms with Crippen LogP contribution in [-0.2, 0) is 9.53 Å². The zero-order chi connectivity index (χ0) is 27.7. The molecule has 1 aliphatic heterocycles. The average molecular weight is 563 g/mol. The summed E-state index contributed by atoms with van der Waals surface area (Å²) in [5.74, 6) is -0.538. The van der Waals surface area contributed by atoms with Crippen molar-refractivity contribution in [1.82, 2.24) is 4.57 Å². The summed E-state index contributed by atoms with van der Waals surface area (Å²) in [4.78, 5) is 44.5. The molecule has 0 amide bonds. The first-order chi connectivity index (χ1) is 18.8. The molecule has 39 heavy (non-hydrogen) atoms. The van der Waals surface area contributed by atoms with Gasteiger partial charge in [-0.1, -0.05) is 36.8 Å². The Labute approximate surface area is 231 Å². The number of rotatable bonds is 8. The first kappa shape index (κ1) is 26.6. The van der Waals surface area contributed by atoms with Crippen molar-refractivity contribution < 1.29 is 23.8 Å².